The maximum Gasteiger partial charge on any atom is 0.270 e. The minimum atomic E-state index is -0.162. The summed E-state index contributed by atoms with van der Waals surface area (Å²) in [4.78, 5) is 15.0. The number of carbonyl (C=O) groups is 1. The van der Waals surface area contributed by atoms with Crippen LogP contribution in [0.1, 0.15) is 5.56 Å². The van der Waals surface area contributed by atoms with E-state index in [0.717, 1.165) is 15.7 Å². The van der Waals surface area contributed by atoms with E-state index >= 15 is 0 Å². The predicted molar refractivity (Wildman–Crippen MR) is 118 cm³/mol. The zero-order valence-electron chi connectivity index (χ0n) is 14.5. The first-order valence-electron chi connectivity index (χ1n) is 7.99. The Morgan fingerprint density at radius 2 is 2.00 bits per heavy atom. The molecule has 0 radical (unpaired) electrons. The SMILES string of the molecule is C=CCOc1c(/C=C2\SC(=S)N(c3ccc(Br)cc3)C2=O)cccc1OC. The molecule has 3 rings (SSSR count). The van der Waals surface area contributed by atoms with E-state index in [1.54, 1.807) is 19.3 Å². The number of thiocarbonyl (C=S) groups is 1. The molecule has 0 aromatic heterocycles. The van der Waals surface area contributed by atoms with Gasteiger partial charge < -0.3 is 9.47 Å². The summed E-state index contributed by atoms with van der Waals surface area (Å²) in [7, 11) is 1.58. The molecule has 1 fully saturated rings. The molecule has 0 atom stereocenters. The van der Waals surface area contributed by atoms with Gasteiger partial charge in [0.1, 0.15) is 6.61 Å². The number of rotatable bonds is 6. The third-order valence-corrected chi connectivity index (χ3v) is 5.57. The van der Waals surface area contributed by atoms with Crippen molar-refractivity contribution in [3.05, 3.63) is 70.1 Å². The standard InChI is InChI=1S/C20H16BrNO3S2/c1-3-11-25-18-13(5-4-6-16(18)24-2)12-17-19(23)22(20(26)27-17)15-9-7-14(21)8-10-15/h3-10,12H,1,11H2,2H3/b17-12-. The van der Waals surface area contributed by atoms with Gasteiger partial charge in [0, 0.05) is 10.0 Å². The van der Waals surface area contributed by atoms with E-state index in [4.69, 9.17) is 21.7 Å². The van der Waals surface area contributed by atoms with Crippen molar-refractivity contribution < 1.29 is 14.3 Å². The van der Waals surface area contributed by atoms with Gasteiger partial charge in [-0.1, -0.05) is 64.7 Å². The fourth-order valence-corrected chi connectivity index (χ4v) is 4.08. The molecule has 27 heavy (non-hydrogen) atoms. The Kier molecular flexibility index (Phi) is 6.36. The highest BCUT2D eigenvalue weighted by atomic mass is 79.9. The molecule has 0 aliphatic carbocycles. The van der Waals surface area contributed by atoms with Crippen molar-refractivity contribution in [3.63, 3.8) is 0 Å². The summed E-state index contributed by atoms with van der Waals surface area (Å²) < 4.78 is 12.6. The molecule has 1 amide bonds. The van der Waals surface area contributed by atoms with Gasteiger partial charge in [0.15, 0.2) is 15.8 Å². The highest BCUT2D eigenvalue weighted by molar-refractivity contribution is 9.10. The van der Waals surface area contributed by atoms with E-state index in [9.17, 15) is 4.79 Å². The number of ether oxygens (including phenoxy) is 2. The molecule has 7 heteroatoms. The lowest BCUT2D eigenvalue weighted by atomic mass is 10.1. The molecule has 4 nitrogen and oxygen atoms in total. The Labute approximate surface area is 176 Å². The molecule has 0 N–H and O–H groups in total. The van der Waals surface area contributed by atoms with E-state index in [-0.39, 0.29) is 5.91 Å². The van der Waals surface area contributed by atoms with Crippen molar-refractivity contribution in [2.24, 2.45) is 0 Å². The van der Waals surface area contributed by atoms with Gasteiger partial charge >= 0.3 is 0 Å². The Bertz CT molecular complexity index is 925. The van der Waals surface area contributed by atoms with Crippen LogP contribution in [0.25, 0.3) is 6.08 Å². The summed E-state index contributed by atoms with van der Waals surface area (Å²) in [5.74, 6) is 0.993. The average molecular weight is 462 g/mol. The van der Waals surface area contributed by atoms with Gasteiger partial charge in [0.25, 0.3) is 5.91 Å². The molecule has 0 bridgehead atoms. The van der Waals surface area contributed by atoms with Crippen LogP contribution in [0, 0.1) is 0 Å². The minimum absolute atomic E-state index is 0.162. The monoisotopic (exact) mass is 461 g/mol. The third-order valence-electron chi connectivity index (χ3n) is 3.74. The van der Waals surface area contributed by atoms with E-state index in [1.165, 1.54) is 16.7 Å². The van der Waals surface area contributed by atoms with E-state index in [1.807, 2.05) is 42.5 Å². The van der Waals surface area contributed by atoms with Gasteiger partial charge in [0.05, 0.1) is 17.7 Å². The summed E-state index contributed by atoms with van der Waals surface area (Å²) in [5, 5.41) is 0. The lowest BCUT2D eigenvalue weighted by Gasteiger charge is -2.14. The van der Waals surface area contributed by atoms with Crippen LogP contribution in [-0.2, 0) is 4.79 Å². The molecule has 0 spiro atoms. The van der Waals surface area contributed by atoms with Crippen LogP contribution < -0.4 is 14.4 Å². The minimum Gasteiger partial charge on any atom is -0.493 e. The average Bonchev–Trinajstić information content (AvgIpc) is 2.94. The second kappa shape index (κ2) is 8.73. The Hall–Kier alpha value is -2.09. The molecule has 0 saturated carbocycles. The first kappa shape index (κ1) is 19.7. The predicted octanol–water partition coefficient (Wildman–Crippen LogP) is 5.43. The Morgan fingerprint density at radius 1 is 1.26 bits per heavy atom. The summed E-state index contributed by atoms with van der Waals surface area (Å²) in [5.41, 5.74) is 1.48. The number of thioether (sulfide) groups is 1. The van der Waals surface area contributed by atoms with Crippen LogP contribution in [0.2, 0.25) is 0 Å². The molecule has 138 valence electrons. The summed E-state index contributed by atoms with van der Waals surface area (Å²) in [6.45, 7) is 4.00. The zero-order valence-corrected chi connectivity index (χ0v) is 17.7. The van der Waals surface area contributed by atoms with Crippen molar-refractivity contribution in [1.29, 1.82) is 0 Å². The van der Waals surface area contributed by atoms with Crippen molar-refractivity contribution in [2.45, 2.75) is 0 Å². The van der Waals surface area contributed by atoms with Crippen LogP contribution in [0.4, 0.5) is 5.69 Å². The fraction of sp³-hybridized carbons (Fsp3) is 0.100. The number of hydrogen-bond acceptors (Lipinski definition) is 5. The second-order valence-corrected chi connectivity index (χ2v) is 8.06. The molecule has 1 saturated heterocycles. The van der Waals surface area contributed by atoms with Gasteiger partial charge in [-0.3, -0.25) is 9.69 Å². The lowest BCUT2D eigenvalue weighted by Crippen LogP contribution is -2.27. The normalized spacial score (nSPS) is 15.3. The maximum atomic E-state index is 12.9. The van der Waals surface area contributed by atoms with Crippen molar-refractivity contribution in [2.75, 3.05) is 18.6 Å². The summed E-state index contributed by atoms with van der Waals surface area (Å²) >= 11 is 10.1. The van der Waals surface area contributed by atoms with Crippen LogP contribution >= 0.6 is 39.9 Å². The van der Waals surface area contributed by atoms with E-state index in [0.29, 0.717) is 27.3 Å². The van der Waals surface area contributed by atoms with E-state index < -0.39 is 0 Å². The van der Waals surface area contributed by atoms with Gasteiger partial charge in [-0.2, -0.15) is 0 Å². The number of carbonyl (C=O) groups excluding carboxylic acids is 1. The van der Waals surface area contributed by atoms with E-state index in [2.05, 4.69) is 22.5 Å². The number of hydrogen-bond donors (Lipinski definition) is 0. The fourth-order valence-electron chi connectivity index (χ4n) is 2.53. The third kappa shape index (κ3) is 4.26. The van der Waals surface area contributed by atoms with Crippen LogP contribution in [0.5, 0.6) is 11.5 Å². The molecular formula is C20H16BrNO3S2. The van der Waals surface area contributed by atoms with Gasteiger partial charge in [-0.25, -0.2) is 0 Å². The summed E-state index contributed by atoms with van der Waals surface area (Å²) in [6, 6.07) is 13.0. The highest BCUT2D eigenvalue weighted by Crippen LogP contribution is 2.39. The van der Waals surface area contributed by atoms with Gasteiger partial charge in [-0.05, 0) is 36.4 Å². The summed E-state index contributed by atoms with van der Waals surface area (Å²) in [6.07, 6.45) is 3.43. The smallest absolute Gasteiger partial charge is 0.270 e. The van der Waals surface area contributed by atoms with Crippen molar-refractivity contribution in [1.82, 2.24) is 0 Å². The largest absolute Gasteiger partial charge is 0.493 e. The topological polar surface area (TPSA) is 38.8 Å². The lowest BCUT2D eigenvalue weighted by molar-refractivity contribution is -0.113. The van der Waals surface area contributed by atoms with Gasteiger partial charge in [0.2, 0.25) is 0 Å². The Balaban J connectivity index is 1.96. The Morgan fingerprint density at radius 3 is 2.67 bits per heavy atom. The van der Waals surface area contributed by atoms with Crippen LogP contribution in [-0.4, -0.2) is 23.9 Å². The van der Waals surface area contributed by atoms with Crippen LogP contribution in [0.15, 0.2) is 64.5 Å². The molecule has 1 heterocycles. The molecule has 0 unspecified atom stereocenters. The molecule has 2 aromatic carbocycles. The molecule has 1 aliphatic heterocycles. The quantitative estimate of drug-likeness (QED) is 0.325. The number of nitrogens with zero attached hydrogens (tertiary/aromatic N) is 1. The number of methoxy groups -OCH3 is 1. The zero-order chi connectivity index (χ0) is 19.4. The number of halogens is 1. The van der Waals surface area contributed by atoms with Crippen molar-refractivity contribution >= 4 is 61.9 Å². The molecule has 2 aromatic rings. The number of amides is 1. The second-order valence-electron chi connectivity index (χ2n) is 5.47. The molecule has 1 aliphatic rings. The first-order valence-corrected chi connectivity index (χ1v) is 10.0. The number of para-hydroxylation sites is 1. The van der Waals surface area contributed by atoms with Crippen LogP contribution in [0.3, 0.4) is 0 Å². The first-order chi connectivity index (χ1) is 13.0. The highest BCUT2D eigenvalue weighted by Gasteiger charge is 2.33. The number of anilines is 1. The molecular weight excluding hydrogens is 446 g/mol. The maximum absolute atomic E-state index is 12.9. The number of benzene rings is 2. The van der Waals surface area contributed by atoms with Crippen molar-refractivity contribution in [3.8, 4) is 11.5 Å². The van der Waals surface area contributed by atoms with Gasteiger partial charge in [-0.15, -0.1) is 0 Å².